The highest BCUT2D eigenvalue weighted by molar-refractivity contribution is 4.33. The smallest absolute Gasteiger partial charge is 0.0701 e. The molecule has 0 atom stereocenters. The van der Waals surface area contributed by atoms with Gasteiger partial charge in [-0.2, -0.15) is 0 Å². The van der Waals surface area contributed by atoms with Crippen LogP contribution in [0.1, 0.15) is 33.6 Å². The van der Waals surface area contributed by atoms with Crippen molar-refractivity contribution in [3.05, 3.63) is 0 Å². The minimum absolute atomic E-state index is 0.0922. The fourth-order valence-electron chi connectivity index (χ4n) is 0.837. The Bertz CT molecular complexity index is 112. The first kappa shape index (κ1) is 24.8. The van der Waals surface area contributed by atoms with Crippen LogP contribution in [0.3, 0.4) is 0 Å². The highest BCUT2D eigenvalue weighted by Gasteiger charge is 1.87. The van der Waals surface area contributed by atoms with Crippen molar-refractivity contribution in [1.82, 2.24) is 0 Å². The van der Waals surface area contributed by atoms with E-state index in [2.05, 4.69) is 6.92 Å². The second kappa shape index (κ2) is 31.3. The Labute approximate surface area is 123 Å². The molecule has 0 aliphatic rings. The largest absolute Gasteiger partial charge is 0.394 e. The van der Waals surface area contributed by atoms with Crippen LogP contribution in [0.25, 0.3) is 0 Å². The molecule has 0 fully saturated rings. The summed E-state index contributed by atoms with van der Waals surface area (Å²) in [6.45, 7) is 10.1. The van der Waals surface area contributed by atoms with E-state index in [9.17, 15) is 0 Å². The maximum Gasteiger partial charge on any atom is 0.0701 e. The molecule has 0 rings (SSSR count). The predicted molar refractivity (Wildman–Crippen MR) is 80.0 cm³/mol. The van der Waals surface area contributed by atoms with Crippen molar-refractivity contribution in [3.8, 4) is 0 Å². The van der Waals surface area contributed by atoms with E-state index in [1.165, 1.54) is 0 Å². The van der Waals surface area contributed by atoms with Gasteiger partial charge in [-0.3, -0.25) is 0 Å². The molecule has 0 saturated carbocycles. The summed E-state index contributed by atoms with van der Waals surface area (Å²) in [6.07, 6.45) is 2.28. The van der Waals surface area contributed by atoms with Gasteiger partial charge in [0.2, 0.25) is 0 Å². The van der Waals surface area contributed by atoms with Crippen molar-refractivity contribution >= 4 is 0 Å². The molecule has 126 valence electrons. The van der Waals surface area contributed by atoms with Crippen LogP contribution in [0.15, 0.2) is 0 Å². The molecule has 0 aliphatic heterocycles. The Balaban J connectivity index is -0.000000266. The van der Waals surface area contributed by atoms with Gasteiger partial charge in [0, 0.05) is 19.8 Å². The molecule has 3 N–H and O–H groups in total. The minimum Gasteiger partial charge on any atom is -0.394 e. The maximum absolute atomic E-state index is 8.34. The van der Waals surface area contributed by atoms with Gasteiger partial charge in [0.1, 0.15) is 0 Å². The van der Waals surface area contributed by atoms with E-state index in [0.29, 0.717) is 19.8 Å². The normalized spacial score (nSPS) is 9.30. The van der Waals surface area contributed by atoms with E-state index in [-0.39, 0.29) is 19.8 Å². The summed E-state index contributed by atoms with van der Waals surface area (Å²) in [5.41, 5.74) is 0. The van der Waals surface area contributed by atoms with Gasteiger partial charge in [0.15, 0.2) is 0 Å². The monoisotopic (exact) mass is 298 g/mol. The fraction of sp³-hybridized carbons (Fsp3) is 1.00. The van der Waals surface area contributed by atoms with Crippen molar-refractivity contribution in [2.24, 2.45) is 0 Å². The highest BCUT2D eigenvalue weighted by Crippen LogP contribution is 1.87. The molecule has 0 radical (unpaired) electrons. The summed E-state index contributed by atoms with van der Waals surface area (Å²) in [6, 6.07) is 0. The molecule has 0 aromatic heterocycles. The van der Waals surface area contributed by atoms with E-state index in [0.717, 1.165) is 32.7 Å². The van der Waals surface area contributed by atoms with Gasteiger partial charge in [0.25, 0.3) is 0 Å². The zero-order valence-electron chi connectivity index (χ0n) is 13.3. The number of aliphatic hydroxyl groups excluding tert-OH is 3. The SMILES string of the molecule is CCCCOCCOCCO.CCOCC.OCCO. The summed E-state index contributed by atoms with van der Waals surface area (Å²) in [4.78, 5) is 0. The molecule has 20 heavy (non-hydrogen) atoms. The molecule has 6 heteroatoms. The number of unbranched alkanes of at least 4 members (excludes halogenated alkanes) is 1. The minimum atomic E-state index is -0.125. The summed E-state index contributed by atoms with van der Waals surface area (Å²) < 4.78 is 15.0. The lowest BCUT2D eigenvalue weighted by Crippen LogP contribution is -2.07. The van der Waals surface area contributed by atoms with Crippen molar-refractivity contribution in [3.63, 3.8) is 0 Å². The highest BCUT2D eigenvalue weighted by atomic mass is 16.5. The first-order valence-electron chi connectivity index (χ1n) is 7.30. The van der Waals surface area contributed by atoms with Crippen molar-refractivity contribution in [2.45, 2.75) is 33.6 Å². The Kier molecular flexibility index (Phi) is 38.7. The summed E-state index contributed by atoms with van der Waals surface area (Å²) >= 11 is 0. The maximum atomic E-state index is 8.34. The van der Waals surface area contributed by atoms with Gasteiger partial charge in [-0.25, -0.2) is 0 Å². The van der Waals surface area contributed by atoms with Crippen LogP contribution in [0.5, 0.6) is 0 Å². The van der Waals surface area contributed by atoms with Crippen LogP contribution >= 0.6 is 0 Å². The Morgan fingerprint density at radius 3 is 1.40 bits per heavy atom. The number of aliphatic hydroxyl groups is 3. The van der Waals surface area contributed by atoms with Crippen molar-refractivity contribution < 1.29 is 29.5 Å². The summed E-state index contributed by atoms with van der Waals surface area (Å²) in [7, 11) is 0. The van der Waals surface area contributed by atoms with Crippen molar-refractivity contribution in [2.75, 3.05) is 59.5 Å². The van der Waals surface area contributed by atoms with E-state index < -0.39 is 0 Å². The molecule has 0 spiro atoms. The average Bonchev–Trinajstić information content (AvgIpc) is 2.48. The number of rotatable bonds is 11. The third-order valence-electron chi connectivity index (χ3n) is 1.76. The van der Waals surface area contributed by atoms with Gasteiger partial charge >= 0.3 is 0 Å². The molecule has 0 unspecified atom stereocenters. The van der Waals surface area contributed by atoms with Crippen molar-refractivity contribution in [1.29, 1.82) is 0 Å². The predicted octanol–water partition coefficient (Wildman–Crippen LogP) is 0.826. The lowest BCUT2D eigenvalue weighted by atomic mass is 10.4. The topological polar surface area (TPSA) is 88.4 Å². The third-order valence-corrected chi connectivity index (χ3v) is 1.76. The lowest BCUT2D eigenvalue weighted by molar-refractivity contribution is 0.0324. The Morgan fingerprint density at radius 2 is 1.10 bits per heavy atom. The third kappa shape index (κ3) is 43.1. The number of hydrogen-bond acceptors (Lipinski definition) is 6. The van der Waals surface area contributed by atoms with Gasteiger partial charge in [-0.1, -0.05) is 13.3 Å². The van der Waals surface area contributed by atoms with Crippen LogP contribution in [-0.2, 0) is 14.2 Å². The second-order valence-electron chi connectivity index (χ2n) is 3.53. The zero-order chi connectivity index (χ0) is 15.9. The molecule has 0 aromatic carbocycles. The van der Waals surface area contributed by atoms with Gasteiger partial charge in [-0.15, -0.1) is 0 Å². The molecule has 0 amide bonds. The first-order valence-corrected chi connectivity index (χ1v) is 7.30. The second-order valence-corrected chi connectivity index (χ2v) is 3.53. The molecular formula is C14H34O6. The zero-order valence-corrected chi connectivity index (χ0v) is 13.3. The standard InChI is InChI=1S/C8H18O3.C4H10O.C2H6O2/c1-2-3-5-10-7-8-11-6-4-9;1-3-5-4-2;3-1-2-4/h9H,2-8H2,1H3;3-4H2,1-2H3;3-4H,1-2H2. The van der Waals surface area contributed by atoms with Gasteiger partial charge in [0.05, 0.1) is 39.6 Å². The summed E-state index contributed by atoms with van der Waals surface area (Å²) in [5.74, 6) is 0. The molecule has 0 aliphatic carbocycles. The fourth-order valence-corrected chi connectivity index (χ4v) is 0.837. The van der Waals surface area contributed by atoms with Crippen LogP contribution in [0, 0.1) is 0 Å². The van der Waals surface area contributed by atoms with Gasteiger partial charge in [-0.05, 0) is 20.3 Å². The van der Waals surface area contributed by atoms with Crippen LogP contribution < -0.4 is 0 Å². The van der Waals surface area contributed by atoms with E-state index in [1.807, 2.05) is 13.8 Å². The van der Waals surface area contributed by atoms with E-state index in [4.69, 9.17) is 29.5 Å². The van der Waals surface area contributed by atoms with Crippen LogP contribution in [0.2, 0.25) is 0 Å². The van der Waals surface area contributed by atoms with E-state index >= 15 is 0 Å². The average molecular weight is 298 g/mol. The molecular weight excluding hydrogens is 264 g/mol. The first-order chi connectivity index (χ1) is 9.74. The lowest BCUT2D eigenvalue weighted by Gasteiger charge is -2.02. The van der Waals surface area contributed by atoms with Crippen LogP contribution in [0.4, 0.5) is 0 Å². The quantitative estimate of drug-likeness (QED) is 0.490. The van der Waals surface area contributed by atoms with Gasteiger partial charge < -0.3 is 29.5 Å². The number of hydrogen-bond donors (Lipinski definition) is 3. The number of ether oxygens (including phenoxy) is 3. The molecule has 0 aromatic rings. The molecule has 0 bridgehead atoms. The molecule has 0 heterocycles. The molecule has 6 nitrogen and oxygen atoms in total. The summed E-state index contributed by atoms with van der Waals surface area (Å²) in [5, 5.41) is 23.6. The Morgan fingerprint density at radius 1 is 0.600 bits per heavy atom. The molecule has 0 saturated heterocycles. The van der Waals surface area contributed by atoms with E-state index in [1.54, 1.807) is 0 Å². The van der Waals surface area contributed by atoms with Crippen LogP contribution in [-0.4, -0.2) is 74.8 Å². The Hall–Kier alpha value is -0.240.